The Morgan fingerprint density at radius 3 is 2.65 bits per heavy atom. The number of nitrogens with one attached hydrogen (secondary N) is 1. The van der Waals surface area contributed by atoms with Crippen LogP contribution in [0.25, 0.3) is 0 Å². The van der Waals surface area contributed by atoms with Crippen LogP contribution in [-0.4, -0.2) is 53.5 Å². The van der Waals surface area contributed by atoms with Crippen LogP contribution in [0.1, 0.15) is 0 Å². The Morgan fingerprint density at radius 2 is 1.96 bits per heavy atom. The van der Waals surface area contributed by atoms with Crippen LogP contribution >= 0.6 is 0 Å². The molecular formula is C16H18FN5O. The van der Waals surface area contributed by atoms with E-state index in [0.29, 0.717) is 0 Å². The molecule has 0 aliphatic carbocycles. The normalized spacial score (nSPS) is 15.4. The Kier molecular flexibility index (Phi) is 4.77. The molecule has 1 aromatic carbocycles. The van der Waals surface area contributed by atoms with Crippen LogP contribution in [0.2, 0.25) is 0 Å². The molecular weight excluding hydrogens is 297 g/mol. The van der Waals surface area contributed by atoms with Crippen LogP contribution in [-0.2, 0) is 4.79 Å². The maximum absolute atomic E-state index is 13.5. The van der Waals surface area contributed by atoms with Crippen LogP contribution in [0.5, 0.6) is 0 Å². The van der Waals surface area contributed by atoms with E-state index in [1.807, 2.05) is 4.90 Å². The SMILES string of the molecule is O=C(CN1CCN(c2cnccn2)CC1)Nc1ccccc1F. The summed E-state index contributed by atoms with van der Waals surface area (Å²) >= 11 is 0. The van der Waals surface area contributed by atoms with Gasteiger partial charge < -0.3 is 10.2 Å². The Bertz CT molecular complexity index is 659. The van der Waals surface area contributed by atoms with Gasteiger partial charge in [0.05, 0.1) is 18.4 Å². The highest BCUT2D eigenvalue weighted by molar-refractivity contribution is 5.92. The minimum Gasteiger partial charge on any atom is -0.353 e. The van der Waals surface area contributed by atoms with Crippen LogP contribution in [0.15, 0.2) is 42.9 Å². The average Bonchev–Trinajstić information content (AvgIpc) is 2.58. The molecule has 0 atom stereocenters. The zero-order chi connectivity index (χ0) is 16.1. The molecule has 7 heteroatoms. The van der Waals surface area contributed by atoms with Gasteiger partial charge in [-0.1, -0.05) is 12.1 Å². The highest BCUT2D eigenvalue weighted by atomic mass is 19.1. The third-order valence-electron chi connectivity index (χ3n) is 3.76. The molecule has 2 aromatic rings. The Balaban J connectivity index is 1.49. The van der Waals surface area contributed by atoms with Gasteiger partial charge in [0.25, 0.3) is 0 Å². The van der Waals surface area contributed by atoms with Gasteiger partial charge in [-0.2, -0.15) is 0 Å². The van der Waals surface area contributed by atoms with Crippen molar-refractivity contribution >= 4 is 17.4 Å². The lowest BCUT2D eigenvalue weighted by Gasteiger charge is -2.34. The largest absolute Gasteiger partial charge is 0.353 e. The second-order valence-corrected chi connectivity index (χ2v) is 5.35. The Hall–Kier alpha value is -2.54. The topological polar surface area (TPSA) is 61.4 Å². The van der Waals surface area contributed by atoms with E-state index in [1.165, 1.54) is 6.07 Å². The summed E-state index contributed by atoms with van der Waals surface area (Å²) in [5.41, 5.74) is 0.218. The number of hydrogen-bond acceptors (Lipinski definition) is 5. The summed E-state index contributed by atoms with van der Waals surface area (Å²) in [5, 5.41) is 2.61. The maximum Gasteiger partial charge on any atom is 0.238 e. The summed E-state index contributed by atoms with van der Waals surface area (Å²) in [6.45, 7) is 3.32. The molecule has 3 rings (SSSR count). The molecule has 0 saturated carbocycles. The number of halogens is 1. The molecule has 2 heterocycles. The van der Waals surface area contributed by atoms with Gasteiger partial charge in [0.1, 0.15) is 11.6 Å². The van der Waals surface area contributed by atoms with Crippen molar-refractivity contribution < 1.29 is 9.18 Å². The fourth-order valence-electron chi connectivity index (χ4n) is 2.55. The predicted octanol–water partition coefficient (Wildman–Crippen LogP) is 1.38. The van der Waals surface area contributed by atoms with E-state index in [-0.39, 0.29) is 18.1 Å². The van der Waals surface area contributed by atoms with Gasteiger partial charge in [0.2, 0.25) is 5.91 Å². The molecule has 0 unspecified atom stereocenters. The summed E-state index contributed by atoms with van der Waals surface area (Å²) < 4.78 is 13.5. The van der Waals surface area contributed by atoms with Crippen molar-refractivity contribution in [1.29, 1.82) is 0 Å². The lowest BCUT2D eigenvalue weighted by atomic mass is 10.3. The molecule has 1 N–H and O–H groups in total. The minimum atomic E-state index is -0.423. The fourth-order valence-corrected chi connectivity index (χ4v) is 2.55. The lowest BCUT2D eigenvalue weighted by Crippen LogP contribution is -2.49. The number of rotatable bonds is 4. The maximum atomic E-state index is 13.5. The molecule has 120 valence electrons. The van der Waals surface area contributed by atoms with E-state index in [1.54, 1.807) is 36.8 Å². The van der Waals surface area contributed by atoms with Crippen molar-refractivity contribution in [3.05, 3.63) is 48.7 Å². The van der Waals surface area contributed by atoms with Crippen molar-refractivity contribution in [1.82, 2.24) is 14.9 Å². The van der Waals surface area contributed by atoms with Crippen molar-refractivity contribution in [2.24, 2.45) is 0 Å². The molecule has 0 spiro atoms. The zero-order valence-electron chi connectivity index (χ0n) is 12.7. The molecule has 1 aromatic heterocycles. The van der Waals surface area contributed by atoms with E-state index in [2.05, 4.69) is 20.2 Å². The number of carbonyl (C=O) groups excluding carboxylic acids is 1. The molecule has 1 saturated heterocycles. The van der Waals surface area contributed by atoms with Gasteiger partial charge in [-0.25, -0.2) is 9.37 Å². The zero-order valence-corrected chi connectivity index (χ0v) is 12.7. The fraction of sp³-hybridized carbons (Fsp3) is 0.312. The molecule has 0 radical (unpaired) electrons. The average molecular weight is 315 g/mol. The van der Waals surface area contributed by atoms with Crippen LogP contribution < -0.4 is 10.2 Å². The first-order valence-corrected chi connectivity index (χ1v) is 7.50. The van der Waals surface area contributed by atoms with Crippen molar-refractivity contribution in [2.45, 2.75) is 0 Å². The molecule has 1 aliphatic rings. The summed E-state index contributed by atoms with van der Waals surface area (Å²) in [5.74, 6) is 0.222. The summed E-state index contributed by atoms with van der Waals surface area (Å²) in [7, 11) is 0. The molecule has 1 aliphatic heterocycles. The highest BCUT2D eigenvalue weighted by Gasteiger charge is 2.20. The first-order chi connectivity index (χ1) is 11.2. The number of anilines is 2. The second kappa shape index (κ2) is 7.15. The molecule has 23 heavy (non-hydrogen) atoms. The first-order valence-electron chi connectivity index (χ1n) is 7.50. The third-order valence-corrected chi connectivity index (χ3v) is 3.76. The smallest absolute Gasteiger partial charge is 0.238 e. The number of carbonyl (C=O) groups is 1. The summed E-state index contributed by atoms with van der Waals surface area (Å²) in [6.07, 6.45) is 5.05. The number of piperazine rings is 1. The number of aromatic nitrogens is 2. The Morgan fingerprint density at radius 1 is 1.17 bits per heavy atom. The van der Waals surface area contributed by atoms with Crippen molar-refractivity contribution in [3.63, 3.8) is 0 Å². The van der Waals surface area contributed by atoms with Gasteiger partial charge in [0, 0.05) is 38.6 Å². The predicted molar refractivity (Wildman–Crippen MR) is 85.7 cm³/mol. The standard InChI is InChI=1S/C16H18FN5O/c17-13-3-1-2-4-14(13)20-16(23)12-21-7-9-22(10-8-21)15-11-18-5-6-19-15/h1-6,11H,7-10,12H2,(H,20,23). The molecule has 0 bridgehead atoms. The number of nitrogens with zero attached hydrogens (tertiary/aromatic N) is 4. The number of amides is 1. The first kappa shape index (κ1) is 15.4. The van der Waals surface area contributed by atoms with E-state index < -0.39 is 5.82 Å². The number of para-hydroxylation sites is 1. The summed E-state index contributed by atoms with van der Waals surface area (Å²) in [6, 6.07) is 6.17. The summed E-state index contributed by atoms with van der Waals surface area (Å²) in [4.78, 5) is 24.6. The number of benzene rings is 1. The van der Waals surface area contributed by atoms with Gasteiger partial charge in [0.15, 0.2) is 0 Å². The molecule has 1 amide bonds. The van der Waals surface area contributed by atoms with Crippen LogP contribution in [0.4, 0.5) is 15.9 Å². The van der Waals surface area contributed by atoms with E-state index in [9.17, 15) is 9.18 Å². The van der Waals surface area contributed by atoms with Gasteiger partial charge in [-0.15, -0.1) is 0 Å². The second-order valence-electron chi connectivity index (χ2n) is 5.35. The molecule has 6 nitrogen and oxygen atoms in total. The van der Waals surface area contributed by atoms with Crippen molar-refractivity contribution in [3.8, 4) is 0 Å². The van der Waals surface area contributed by atoms with Crippen molar-refractivity contribution in [2.75, 3.05) is 42.9 Å². The minimum absolute atomic E-state index is 0.206. The van der Waals surface area contributed by atoms with Crippen LogP contribution in [0.3, 0.4) is 0 Å². The van der Waals surface area contributed by atoms with E-state index in [4.69, 9.17) is 0 Å². The lowest BCUT2D eigenvalue weighted by molar-refractivity contribution is -0.117. The van der Waals surface area contributed by atoms with Gasteiger partial charge in [-0.3, -0.25) is 14.7 Å². The van der Waals surface area contributed by atoms with E-state index in [0.717, 1.165) is 32.0 Å². The van der Waals surface area contributed by atoms with E-state index >= 15 is 0 Å². The Labute approximate surface area is 134 Å². The molecule has 1 fully saturated rings. The third kappa shape index (κ3) is 4.01. The monoisotopic (exact) mass is 315 g/mol. The quantitative estimate of drug-likeness (QED) is 0.923. The highest BCUT2D eigenvalue weighted by Crippen LogP contribution is 2.13. The van der Waals surface area contributed by atoms with Gasteiger partial charge >= 0.3 is 0 Å². The number of hydrogen-bond donors (Lipinski definition) is 1. The van der Waals surface area contributed by atoms with Crippen LogP contribution in [0, 0.1) is 5.82 Å². The van der Waals surface area contributed by atoms with Gasteiger partial charge in [-0.05, 0) is 12.1 Å².